The fraction of sp³-hybridized carbons (Fsp3) is 0.118. The van der Waals surface area contributed by atoms with Gasteiger partial charge in [-0.2, -0.15) is 4.98 Å². The van der Waals surface area contributed by atoms with Crippen LogP contribution in [0.25, 0.3) is 17.5 Å². The lowest BCUT2D eigenvalue weighted by Crippen LogP contribution is -2.00. The van der Waals surface area contributed by atoms with Crippen molar-refractivity contribution in [2.45, 2.75) is 6.61 Å². The quantitative estimate of drug-likeness (QED) is 0.508. The van der Waals surface area contributed by atoms with Crippen molar-refractivity contribution in [3.63, 3.8) is 0 Å². The van der Waals surface area contributed by atoms with Gasteiger partial charge in [-0.15, -0.1) is 0 Å². The van der Waals surface area contributed by atoms with Gasteiger partial charge in [0.25, 0.3) is 5.89 Å². The van der Waals surface area contributed by atoms with Gasteiger partial charge in [0, 0.05) is 11.6 Å². The first-order valence-electron chi connectivity index (χ1n) is 7.10. The lowest BCUT2D eigenvalue weighted by Gasteiger charge is -1.99. The minimum Gasteiger partial charge on any atom is -0.497 e. The molecule has 0 saturated heterocycles. The predicted octanol–water partition coefficient (Wildman–Crippen LogP) is 3.09. The SMILES string of the molecule is COc1ccc(-c2noc(COC(=O)/C=C/c3ccco3)n2)cc1. The van der Waals surface area contributed by atoms with E-state index in [-0.39, 0.29) is 12.5 Å². The van der Waals surface area contributed by atoms with Gasteiger partial charge in [-0.05, 0) is 42.5 Å². The van der Waals surface area contributed by atoms with E-state index in [2.05, 4.69) is 10.1 Å². The second-order valence-electron chi connectivity index (χ2n) is 4.70. The Balaban J connectivity index is 1.56. The number of nitrogens with zero attached hydrogens (tertiary/aromatic N) is 2. The molecule has 1 aromatic carbocycles. The maximum Gasteiger partial charge on any atom is 0.331 e. The standard InChI is InChI=1S/C17H14N2O5/c1-21-13-6-4-12(5-7-13)17-18-15(24-19-17)11-23-16(20)9-8-14-3-2-10-22-14/h2-10H,11H2,1H3/b9-8+. The minimum absolute atomic E-state index is 0.107. The molecule has 0 radical (unpaired) electrons. The van der Waals surface area contributed by atoms with Crippen LogP contribution in [0.2, 0.25) is 0 Å². The zero-order valence-corrected chi connectivity index (χ0v) is 12.8. The molecule has 0 atom stereocenters. The van der Waals surface area contributed by atoms with Gasteiger partial charge in [0.1, 0.15) is 11.5 Å². The van der Waals surface area contributed by atoms with Crippen LogP contribution in [0, 0.1) is 0 Å². The van der Waals surface area contributed by atoms with Crippen LogP contribution >= 0.6 is 0 Å². The molecule has 0 aliphatic heterocycles. The first-order chi connectivity index (χ1) is 11.7. The molecule has 3 aromatic rings. The highest BCUT2D eigenvalue weighted by Gasteiger charge is 2.10. The van der Waals surface area contributed by atoms with Gasteiger partial charge >= 0.3 is 5.97 Å². The van der Waals surface area contributed by atoms with Gasteiger partial charge in [-0.1, -0.05) is 5.16 Å². The Kier molecular flexibility index (Phi) is 4.71. The molecule has 0 unspecified atom stereocenters. The number of ether oxygens (including phenoxy) is 2. The molecule has 0 saturated carbocycles. The topological polar surface area (TPSA) is 87.6 Å². The smallest absolute Gasteiger partial charge is 0.331 e. The van der Waals surface area contributed by atoms with Crippen molar-refractivity contribution in [2.75, 3.05) is 7.11 Å². The summed E-state index contributed by atoms with van der Waals surface area (Å²) in [7, 11) is 1.59. The number of benzene rings is 1. The van der Waals surface area contributed by atoms with E-state index < -0.39 is 5.97 Å². The van der Waals surface area contributed by atoms with Crippen LogP contribution in [-0.2, 0) is 16.1 Å². The molecule has 24 heavy (non-hydrogen) atoms. The molecule has 0 aliphatic carbocycles. The molecular weight excluding hydrogens is 312 g/mol. The van der Waals surface area contributed by atoms with Gasteiger partial charge in [-0.25, -0.2) is 4.79 Å². The van der Waals surface area contributed by atoms with Gasteiger partial charge < -0.3 is 18.4 Å². The summed E-state index contributed by atoms with van der Waals surface area (Å²) in [6, 6.07) is 10.7. The van der Waals surface area contributed by atoms with Gasteiger partial charge in [-0.3, -0.25) is 0 Å². The lowest BCUT2D eigenvalue weighted by molar-refractivity contribution is -0.139. The number of carbonyl (C=O) groups excluding carboxylic acids is 1. The van der Waals surface area contributed by atoms with Crippen LogP contribution in [0.1, 0.15) is 11.7 Å². The second-order valence-corrected chi connectivity index (χ2v) is 4.70. The van der Waals surface area contributed by atoms with E-state index in [0.29, 0.717) is 11.6 Å². The van der Waals surface area contributed by atoms with Crippen molar-refractivity contribution in [3.8, 4) is 17.1 Å². The average molecular weight is 326 g/mol. The number of esters is 1. The number of methoxy groups -OCH3 is 1. The summed E-state index contributed by atoms with van der Waals surface area (Å²) in [6.45, 7) is -0.107. The molecule has 0 amide bonds. The third-order valence-corrected chi connectivity index (χ3v) is 3.08. The summed E-state index contributed by atoms with van der Waals surface area (Å²) in [6.07, 6.45) is 4.29. The summed E-state index contributed by atoms with van der Waals surface area (Å²) in [5.41, 5.74) is 0.773. The van der Waals surface area contributed by atoms with Crippen molar-refractivity contribution in [1.82, 2.24) is 10.1 Å². The van der Waals surface area contributed by atoms with E-state index in [1.54, 1.807) is 31.4 Å². The molecule has 2 heterocycles. The van der Waals surface area contributed by atoms with E-state index in [1.165, 1.54) is 18.4 Å². The summed E-state index contributed by atoms with van der Waals surface area (Å²) in [5, 5.41) is 3.86. The first-order valence-corrected chi connectivity index (χ1v) is 7.10. The average Bonchev–Trinajstić information content (AvgIpc) is 3.30. The van der Waals surface area contributed by atoms with Crippen LogP contribution in [0.15, 0.2) is 57.7 Å². The number of hydrogen-bond acceptors (Lipinski definition) is 7. The molecule has 0 N–H and O–H groups in total. The molecular formula is C17H14N2O5. The lowest BCUT2D eigenvalue weighted by atomic mass is 10.2. The van der Waals surface area contributed by atoms with E-state index in [9.17, 15) is 4.79 Å². The number of furan rings is 1. The highest BCUT2D eigenvalue weighted by atomic mass is 16.6. The maximum atomic E-state index is 11.6. The van der Waals surface area contributed by atoms with Crippen LogP contribution in [0.3, 0.4) is 0 Å². The Morgan fingerprint density at radius 1 is 1.25 bits per heavy atom. The molecule has 122 valence electrons. The second kappa shape index (κ2) is 7.28. The van der Waals surface area contributed by atoms with E-state index >= 15 is 0 Å². The van der Waals surface area contributed by atoms with E-state index in [0.717, 1.165) is 11.3 Å². The summed E-state index contributed by atoms with van der Waals surface area (Å²) in [5.74, 6) is 1.39. The van der Waals surface area contributed by atoms with E-state index in [4.69, 9.17) is 18.4 Å². The molecule has 0 bridgehead atoms. The zero-order chi connectivity index (χ0) is 16.8. The summed E-state index contributed by atoms with van der Waals surface area (Å²) < 4.78 is 20.3. The van der Waals surface area contributed by atoms with Crippen LogP contribution in [0.4, 0.5) is 0 Å². The maximum absolute atomic E-state index is 11.6. The van der Waals surface area contributed by atoms with Gasteiger partial charge in [0.05, 0.1) is 13.4 Å². The van der Waals surface area contributed by atoms with Crippen molar-refractivity contribution in [3.05, 3.63) is 60.4 Å². The normalized spacial score (nSPS) is 10.9. The molecule has 7 heteroatoms. The third kappa shape index (κ3) is 3.89. The predicted molar refractivity (Wildman–Crippen MR) is 83.8 cm³/mol. The molecule has 0 fully saturated rings. The van der Waals surface area contributed by atoms with Crippen molar-refractivity contribution in [2.24, 2.45) is 0 Å². The number of carbonyl (C=O) groups is 1. The Labute approximate surface area is 137 Å². The van der Waals surface area contributed by atoms with Gasteiger partial charge in [0.15, 0.2) is 6.61 Å². The summed E-state index contributed by atoms with van der Waals surface area (Å²) >= 11 is 0. The highest BCUT2D eigenvalue weighted by molar-refractivity contribution is 5.86. The van der Waals surface area contributed by atoms with Crippen molar-refractivity contribution in [1.29, 1.82) is 0 Å². The fourth-order valence-corrected chi connectivity index (χ4v) is 1.89. The first kappa shape index (κ1) is 15.5. The minimum atomic E-state index is -0.532. The van der Waals surface area contributed by atoms with Crippen molar-refractivity contribution >= 4 is 12.0 Å². The molecule has 2 aromatic heterocycles. The Hall–Kier alpha value is -3.35. The fourth-order valence-electron chi connectivity index (χ4n) is 1.89. The molecule has 0 aliphatic rings. The Morgan fingerprint density at radius 2 is 2.08 bits per heavy atom. The van der Waals surface area contributed by atoms with E-state index in [1.807, 2.05) is 12.1 Å². The monoisotopic (exact) mass is 326 g/mol. The Morgan fingerprint density at radius 3 is 2.79 bits per heavy atom. The highest BCUT2D eigenvalue weighted by Crippen LogP contribution is 2.19. The number of rotatable bonds is 6. The largest absolute Gasteiger partial charge is 0.497 e. The number of hydrogen-bond donors (Lipinski definition) is 0. The molecule has 0 spiro atoms. The molecule has 7 nitrogen and oxygen atoms in total. The zero-order valence-electron chi connectivity index (χ0n) is 12.8. The number of aromatic nitrogens is 2. The van der Waals surface area contributed by atoms with Crippen LogP contribution < -0.4 is 4.74 Å². The molecule has 3 rings (SSSR count). The Bertz CT molecular complexity index is 819. The van der Waals surface area contributed by atoms with Crippen LogP contribution in [-0.4, -0.2) is 23.2 Å². The van der Waals surface area contributed by atoms with Gasteiger partial charge in [0.2, 0.25) is 5.82 Å². The van der Waals surface area contributed by atoms with Crippen LogP contribution in [0.5, 0.6) is 5.75 Å². The summed E-state index contributed by atoms with van der Waals surface area (Å²) in [4.78, 5) is 15.8. The third-order valence-electron chi connectivity index (χ3n) is 3.08. The van der Waals surface area contributed by atoms with Crippen molar-refractivity contribution < 1.29 is 23.2 Å².